The van der Waals surface area contributed by atoms with Gasteiger partial charge in [-0.05, 0) is 0 Å². The Labute approximate surface area is 21.9 Å². The van der Waals surface area contributed by atoms with Crippen molar-refractivity contribution in [1.29, 1.82) is 0 Å². The summed E-state index contributed by atoms with van der Waals surface area (Å²) < 4.78 is 9.81. The number of halogens is 1. The van der Waals surface area contributed by atoms with Crippen molar-refractivity contribution in [3.63, 3.8) is 0 Å². The second-order valence-electron chi connectivity index (χ2n) is 0.238. The first-order chi connectivity index (χ1) is 1.73. The lowest BCUT2D eigenvalue weighted by atomic mass is 11.5. The molecule has 4 heavy (non-hydrogen) atoms. The van der Waals surface area contributed by atoms with Crippen molar-refractivity contribution in [2.24, 2.45) is 0 Å². The van der Waals surface area contributed by atoms with Gasteiger partial charge in [-0.3, -0.25) is 0 Å². The van der Waals surface area contributed by atoms with E-state index in [2.05, 4.69) is 0 Å². The Balaban J connectivity index is 2.80. The van der Waals surface area contributed by atoms with Crippen molar-refractivity contribution in [3.05, 3.63) is 0 Å². The normalized spacial score (nSPS) is 6.25. The van der Waals surface area contributed by atoms with Gasteiger partial charge in [-0.1, -0.05) is 0 Å². The van der Waals surface area contributed by atoms with Gasteiger partial charge in [0.15, 0.2) is 0 Å². The average molecular weight is 63.0 g/mol. The molecule has 0 N–H and O–H groups in total. The summed E-state index contributed by atoms with van der Waals surface area (Å²) in [5.74, 6) is 0. The lowest BCUT2D eigenvalue weighted by Gasteiger charge is -1.44. The van der Waals surface area contributed by atoms with Crippen molar-refractivity contribution in [2.75, 3.05) is 0 Å². The summed E-state index contributed by atoms with van der Waals surface area (Å²) in [7, 11) is 0. The van der Waals surface area contributed by atoms with Crippen LogP contribution < -0.4 is 0 Å². The maximum absolute atomic E-state index is 9.81. The number of carbonyl (C=O) groups excluding carboxylic acids is 1. The van der Waals surface area contributed by atoms with Crippen LogP contribution in [0.25, 0.3) is 0 Å². The van der Waals surface area contributed by atoms with Gasteiger partial charge in [0.25, 0.3) is 0 Å². The van der Waals surface area contributed by atoms with Crippen LogP contribution in [0.5, 0.6) is 0 Å². The quantitative estimate of drug-likeness (QED) is 0.377. The van der Waals surface area contributed by atoms with Crippen molar-refractivity contribution in [3.8, 4) is 0 Å². The molecular formula is CFO2. The molecule has 0 aromatic carbocycles. The summed E-state index contributed by atoms with van der Waals surface area (Å²) in [5.41, 5.74) is 0. The predicted molar refractivity (Wildman–Crippen MR) is 7.19 cm³/mol. The third-order valence-corrected chi connectivity index (χ3v) is 0. The van der Waals surface area contributed by atoms with E-state index in [1.165, 1.54) is 0 Å². The Kier molecular flexibility index (Phi) is 0.694. The molecule has 0 fully saturated rings. The molecule has 0 unspecified atom stereocenters. The van der Waals surface area contributed by atoms with E-state index in [4.69, 9.17) is 9.90 Å². The standard InChI is InChI=1S/CFO2/c2-1(3)4. The van der Waals surface area contributed by atoms with Gasteiger partial charge < -0.3 is 0 Å². The molecule has 0 atom stereocenters. The Morgan fingerprint density at radius 3 is 1.75 bits per heavy atom. The fourth-order valence-electron chi connectivity index (χ4n) is 0. The first-order valence-electron chi connectivity index (χ1n) is 0.597. The van der Waals surface area contributed by atoms with E-state index in [-0.39, 0.29) is 0 Å². The van der Waals surface area contributed by atoms with Crippen LogP contribution in [0.15, 0.2) is 0 Å². The smallest absolute Gasteiger partial charge is 0.207 e. The fourth-order valence-corrected chi connectivity index (χ4v) is 0. The third kappa shape index (κ3) is 0.622. The molecule has 0 aliphatic rings. The van der Waals surface area contributed by atoms with Gasteiger partial charge in [0.2, 0.25) is 0 Å². The van der Waals surface area contributed by atoms with Crippen LogP contribution in [0.3, 0.4) is 0 Å². The Bertz CT molecular complexity index is 29.0. The Hall–Kier alpha value is -0.600. The van der Waals surface area contributed by atoms with Crippen molar-refractivity contribution in [1.82, 2.24) is 0 Å². The second kappa shape index (κ2) is 0.817. The molecule has 0 saturated carbocycles. The monoisotopic (exact) mass is 63.0 g/mol. The summed E-state index contributed by atoms with van der Waals surface area (Å²) in [6.07, 6.45) is -2.58. The highest BCUT2D eigenvalue weighted by molar-refractivity contribution is 5.54. The molecule has 23 valence electrons. The average Bonchev–Trinajstić information content (AvgIpc) is 0.811. The van der Waals surface area contributed by atoms with Crippen LogP contribution in [-0.2, 0) is 5.11 Å². The van der Waals surface area contributed by atoms with Gasteiger partial charge in [0, 0.05) is 0 Å². The third-order valence-electron chi connectivity index (χ3n) is 0. The first-order valence-corrected chi connectivity index (χ1v) is 0.597. The van der Waals surface area contributed by atoms with Gasteiger partial charge in [-0.15, -0.1) is 4.39 Å². The highest BCUT2D eigenvalue weighted by Crippen LogP contribution is 1.60. The maximum Gasteiger partial charge on any atom is 0.536 e. The lowest BCUT2D eigenvalue weighted by Crippen LogP contribution is -1.65. The Morgan fingerprint density at radius 1 is 1.75 bits per heavy atom. The van der Waals surface area contributed by atoms with Crippen molar-refractivity contribution in [2.45, 2.75) is 0 Å². The largest absolute Gasteiger partial charge is 0.536 e. The molecule has 0 bridgehead atoms. The van der Waals surface area contributed by atoms with Crippen LogP contribution in [0.2, 0.25) is 0 Å². The van der Waals surface area contributed by atoms with Gasteiger partial charge in [0.05, 0.1) is 0 Å². The maximum atomic E-state index is 9.81. The summed E-state index contributed by atoms with van der Waals surface area (Å²) in [4.78, 5) is 8.22. The number of carbonyl (C=O) groups is 1. The summed E-state index contributed by atoms with van der Waals surface area (Å²) in [5, 5.41) is 8.22. The minimum atomic E-state index is -2.58. The van der Waals surface area contributed by atoms with E-state index >= 15 is 0 Å². The van der Waals surface area contributed by atoms with E-state index in [0.717, 1.165) is 0 Å². The van der Waals surface area contributed by atoms with E-state index in [1.807, 2.05) is 0 Å². The van der Waals surface area contributed by atoms with Crippen LogP contribution in [0, 0.1) is 0 Å². The molecular weight excluding hydrogens is 63.0 g/mol. The topological polar surface area (TPSA) is 37.0 Å². The molecule has 0 aliphatic heterocycles. The van der Waals surface area contributed by atoms with E-state index in [1.54, 1.807) is 0 Å². The molecule has 0 heterocycles. The van der Waals surface area contributed by atoms with Crippen LogP contribution in [0.1, 0.15) is 0 Å². The van der Waals surface area contributed by atoms with Gasteiger partial charge in [0.1, 0.15) is 0 Å². The highest BCUT2D eigenvalue weighted by atomic mass is 19.1. The molecule has 3 heteroatoms. The summed E-state index contributed by atoms with van der Waals surface area (Å²) >= 11 is 0. The van der Waals surface area contributed by atoms with Crippen molar-refractivity contribution < 1.29 is 14.3 Å². The molecule has 0 spiro atoms. The molecule has 0 rings (SSSR count). The minimum absolute atomic E-state index is 2.58. The van der Waals surface area contributed by atoms with E-state index in [0.29, 0.717) is 0 Å². The highest BCUT2D eigenvalue weighted by Gasteiger charge is 1.80. The predicted octanol–water partition coefficient (Wildman–Crippen LogP) is 0.506. The Morgan fingerprint density at radius 2 is 1.75 bits per heavy atom. The van der Waals surface area contributed by atoms with Crippen LogP contribution in [-0.4, -0.2) is 6.22 Å². The minimum Gasteiger partial charge on any atom is -0.207 e. The van der Waals surface area contributed by atoms with E-state index in [9.17, 15) is 4.39 Å². The SMILES string of the molecule is [O]C(=O)F. The van der Waals surface area contributed by atoms with Crippen LogP contribution in [0.4, 0.5) is 9.18 Å². The summed E-state index contributed by atoms with van der Waals surface area (Å²) in [6, 6.07) is 0. The number of hydrogen-bond acceptors (Lipinski definition) is 1. The zero-order valence-electron chi connectivity index (χ0n) is 1.69. The number of rotatable bonds is 0. The van der Waals surface area contributed by atoms with E-state index < -0.39 is 6.22 Å². The second-order valence-corrected chi connectivity index (χ2v) is 0.238. The molecule has 0 aliphatic carbocycles. The zero-order chi connectivity index (χ0) is 3.58. The number of hydrogen-bond donors (Lipinski definition) is 0. The molecule has 0 aromatic heterocycles. The molecule has 0 amide bonds. The van der Waals surface area contributed by atoms with Crippen molar-refractivity contribution >= 4 is 6.22 Å². The van der Waals surface area contributed by atoms with Crippen LogP contribution >= 0.6 is 0 Å². The van der Waals surface area contributed by atoms with Gasteiger partial charge in [-0.25, -0.2) is 9.90 Å². The van der Waals surface area contributed by atoms with Gasteiger partial charge in [-0.2, -0.15) is 0 Å². The first kappa shape index (κ1) is 3.40. The zero-order valence-corrected chi connectivity index (χ0v) is 1.69. The summed E-state index contributed by atoms with van der Waals surface area (Å²) in [6.45, 7) is 0. The van der Waals surface area contributed by atoms with Gasteiger partial charge >= 0.3 is 6.22 Å². The molecule has 0 saturated heterocycles. The molecule has 1 radical (unpaired) electrons. The molecule has 2 nitrogen and oxygen atoms in total. The lowest BCUT2D eigenvalue weighted by molar-refractivity contribution is 0.141. The fraction of sp³-hybridized carbons (Fsp3) is 0. The molecule has 0 aromatic rings.